The molecule has 2 fully saturated rings. The zero-order chi connectivity index (χ0) is 21.4. The van der Waals surface area contributed by atoms with Gasteiger partial charge in [-0.25, -0.2) is 4.98 Å². The first-order valence-electron chi connectivity index (χ1n) is 10.2. The maximum Gasteiger partial charge on any atom is 0.255 e. The summed E-state index contributed by atoms with van der Waals surface area (Å²) in [5.41, 5.74) is 0.262. The molecule has 0 bridgehead atoms. The Morgan fingerprint density at radius 2 is 2.10 bits per heavy atom. The summed E-state index contributed by atoms with van der Waals surface area (Å²) < 4.78 is 11.1. The summed E-state index contributed by atoms with van der Waals surface area (Å²) in [7, 11) is 0. The number of hydrogen-bond acceptors (Lipinski definition) is 7. The molecule has 2 aromatic rings. The maximum atomic E-state index is 12.6. The number of amides is 1. The van der Waals surface area contributed by atoms with E-state index in [0.29, 0.717) is 55.9 Å². The lowest BCUT2D eigenvalue weighted by atomic mass is 9.73. The van der Waals surface area contributed by atoms with Crippen molar-refractivity contribution in [2.24, 2.45) is 0 Å². The van der Waals surface area contributed by atoms with Crippen LogP contribution >= 0.6 is 0 Å². The average molecular weight is 410 g/mol. The van der Waals surface area contributed by atoms with Gasteiger partial charge < -0.3 is 24.5 Å². The molecule has 4 rings (SSSR count). The SMILES string of the molecule is Cc1ccc(C#N)c(N2CCC3(CC2)OCC[C@](C)(NC(=O)c2ccoc2)[C@H]3O)n1. The molecule has 30 heavy (non-hydrogen) atoms. The van der Waals surface area contributed by atoms with Gasteiger partial charge >= 0.3 is 0 Å². The lowest BCUT2D eigenvalue weighted by Gasteiger charge is -2.53. The molecule has 2 aliphatic heterocycles. The molecule has 2 aliphatic rings. The summed E-state index contributed by atoms with van der Waals surface area (Å²) >= 11 is 0. The molecular formula is C22H26N4O4. The van der Waals surface area contributed by atoms with Crippen LogP contribution in [0.1, 0.15) is 47.8 Å². The van der Waals surface area contributed by atoms with Crippen molar-refractivity contribution in [1.82, 2.24) is 10.3 Å². The van der Waals surface area contributed by atoms with Gasteiger partial charge in [-0.2, -0.15) is 5.26 Å². The van der Waals surface area contributed by atoms with E-state index in [1.165, 1.54) is 12.5 Å². The van der Waals surface area contributed by atoms with Crippen LogP contribution < -0.4 is 10.2 Å². The molecule has 2 aromatic heterocycles. The van der Waals surface area contributed by atoms with Crippen LogP contribution in [0.4, 0.5) is 5.82 Å². The van der Waals surface area contributed by atoms with Crippen LogP contribution in [-0.2, 0) is 4.74 Å². The number of furan rings is 1. The Bertz CT molecular complexity index is 960. The van der Waals surface area contributed by atoms with Gasteiger partial charge in [-0.15, -0.1) is 0 Å². The number of ether oxygens (including phenoxy) is 1. The highest BCUT2D eigenvalue weighted by Gasteiger charge is 2.54. The van der Waals surface area contributed by atoms with Crippen LogP contribution in [0, 0.1) is 18.3 Å². The minimum Gasteiger partial charge on any atom is -0.472 e. The van der Waals surface area contributed by atoms with Gasteiger partial charge in [0.25, 0.3) is 5.91 Å². The number of nitrogens with one attached hydrogen (secondary N) is 1. The summed E-state index contributed by atoms with van der Waals surface area (Å²) in [6.07, 6.45) is 3.64. The zero-order valence-electron chi connectivity index (χ0n) is 17.2. The van der Waals surface area contributed by atoms with E-state index in [9.17, 15) is 15.2 Å². The minimum absolute atomic E-state index is 0.276. The first kappa shape index (κ1) is 20.4. The summed E-state index contributed by atoms with van der Waals surface area (Å²) in [4.78, 5) is 19.2. The number of rotatable bonds is 3. The van der Waals surface area contributed by atoms with Crippen LogP contribution in [0.5, 0.6) is 0 Å². The van der Waals surface area contributed by atoms with Gasteiger partial charge in [-0.3, -0.25) is 4.79 Å². The number of aromatic nitrogens is 1. The molecule has 1 spiro atoms. The Morgan fingerprint density at radius 3 is 2.77 bits per heavy atom. The number of carbonyl (C=O) groups excluding carboxylic acids is 1. The predicted octanol–water partition coefficient (Wildman–Crippen LogP) is 2.16. The number of nitrogens with zero attached hydrogens (tertiary/aromatic N) is 3. The first-order chi connectivity index (χ1) is 14.4. The molecule has 0 aliphatic carbocycles. The molecule has 2 N–H and O–H groups in total. The van der Waals surface area contributed by atoms with Gasteiger partial charge in [0.05, 0.1) is 28.5 Å². The molecule has 0 saturated carbocycles. The number of aliphatic hydroxyl groups is 1. The van der Waals surface area contributed by atoms with Crippen molar-refractivity contribution in [3.63, 3.8) is 0 Å². The monoisotopic (exact) mass is 410 g/mol. The second kappa shape index (κ2) is 7.74. The number of aliphatic hydroxyl groups excluding tert-OH is 1. The Morgan fingerprint density at radius 1 is 1.33 bits per heavy atom. The Kier molecular flexibility index (Phi) is 5.26. The molecule has 8 heteroatoms. The molecule has 1 amide bonds. The van der Waals surface area contributed by atoms with E-state index in [1.807, 2.05) is 19.9 Å². The molecule has 0 unspecified atom stereocenters. The highest BCUT2D eigenvalue weighted by atomic mass is 16.5. The maximum absolute atomic E-state index is 12.6. The highest BCUT2D eigenvalue weighted by Crippen LogP contribution is 2.41. The van der Waals surface area contributed by atoms with E-state index < -0.39 is 17.2 Å². The predicted molar refractivity (Wildman–Crippen MR) is 109 cm³/mol. The van der Waals surface area contributed by atoms with Crippen molar-refractivity contribution < 1.29 is 19.1 Å². The van der Waals surface area contributed by atoms with Crippen LogP contribution in [0.25, 0.3) is 0 Å². The van der Waals surface area contributed by atoms with Gasteiger partial charge in [0.15, 0.2) is 0 Å². The summed E-state index contributed by atoms with van der Waals surface area (Å²) in [6.45, 7) is 5.42. The molecule has 4 heterocycles. The van der Waals surface area contributed by atoms with Gasteiger partial charge in [0, 0.05) is 25.4 Å². The lowest BCUT2D eigenvalue weighted by molar-refractivity contribution is -0.195. The Balaban J connectivity index is 1.50. The van der Waals surface area contributed by atoms with Crippen LogP contribution in [-0.4, -0.2) is 52.9 Å². The Hall–Kier alpha value is -2.89. The van der Waals surface area contributed by atoms with Crippen molar-refractivity contribution in [3.05, 3.63) is 47.5 Å². The third kappa shape index (κ3) is 3.55. The van der Waals surface area contributed by atoms with Crippen LogP contribution in [0.2, 0.25) is 0 Å². The fourth-order valence-electron chi connectivity index (χ4n) is 4.50. The molecule has 8 nitrogen and oxygen atoms in total. The van der Waals surface area contributed by atoms with Crippen molar-refractivity contribution in [1.29, 1.82) is 5.26 Å². The average Bonchev–Trinajstić information content (AvgIpc) is 3.28. The quantitative estimate of drug-likeness (QED) is 0.797. The summed E-state index contributed by atoms with van der Waals surface area (Å²) in [6, 6.07) is 7.42. The summed E-state index contributed by atoms with van der Waals surface area (Å²) in [5, 5.41) is 23.7. The van der Waals surface area contributed by atoms with E-state index >= 15 is 0 Å². The molecule has 0 radical (unpaired) electrons. The third-order valence-electron chi connectivity index (χ3n) is 6.34. The summed E-state index contributed by atoms with van der Waals surface area (Å²) in [5.74, 6) is 0.399. The fourth-order valence-corrected chi connectivity index (χ4v) is 4.50. The van der Waals surface area contributed by atoms with E-state index in [-0.39, 0.29) is 5.91 Å². The van der Waals surface area contributed by atoms with Crippen molar-refractivity contribution in [2.45, 2.75) is 50.4 Å². The molecule has 158 valence electrons. The third-order valence-corrected chi connectivity index (χ3v) is 6.34. The number of anilines is 1. The molecule has 2 atom stereocenters. The number of aryl methyl sites for hydroxylation is 1. The standard InChI is InChI=1S/C22H26N4O4/c1-15-3-4-16(13-23)18(24-15)26-9-6-22(7-10-26)20(28)21(2,8-12-30-22)25-19(27)17-5-11-29-14-17/h3-5,11,14,20,28H,6-10,12H2,1-2H3,(H,25,27)/t20-,21+/m1/s1. The second-order valence-electron chi connectivity index (χ2n) is 8.37. The van der Waals surface area contributed by atoms with Gasteiger partial charge in [0.2, 0.25) is 0 Å². The number of hydrogen-bond donors (Lipinski definition) is 2. The number of pyridine rings is 1. The molecule has 2 saturated heterocycles. The van der Waals surface area contributed by atoms with Crippen molar-refractivity contribution in [2.75, 3.05) is 24.6 Å². The molecule has 0 aromatic carbocycles. The van der Waals surface area contributed by atoms with Crippen LogP contribution in [0.15, 0.2) is 35.1 Å². The van der Waals surface area contributed by atoms with Gasteiger partial charge in [0.1, 0.15) is 24.3 Å². The van der Waals surface area contributed by atoms with Gasteiger partial charge in [-0.1, -0.05) is 0 Å². The Labute approximate surface area is 175 Å². The second-order valence-corrected chi connectivity index (χ2v) is 8.37. The zero-order valence-corrected chi connectivity index (χ0v) is 17.2. The van der Waals surface area contributed by atoms with Crippen LogP contribution in [0.3, 0.4) is 0 Å². The van der Waals surface area contributed by atoms with E-state index in [0.717, 1.165) is 5.69 Å². The fraction of sp³-hybridized carbons (Fsp3) is 0.500. The molecular weight excluding hydrogens is 384 g/mol. The van der Waals surface area contributed by atoms with E-state index in [1.54, 1.807) is 12.1 Å². The minimum atomic E-state index is -0.863. The van der Waals surface area contributed by atoms with Crippen molar-refractivity contribution >= 4 is 11.7 Å². The number of piperidine rings is 1. The smallest absolute Gasteiger partial charge is 0.255 e. The normalized spacial score (nSPS) is 25.7. The topological polar surface area (TPSA) is 112 Å². The van der Waals surface area contributed by atoms with Crippen molar-refractivity contribution in [3.8, 4) is 6.07 Å². The van der Waals surface area contributed by atoms with E-state index in [2.05, 4.69) is 21.3 Å². The van der Waals surface area contributed by atoms with E-state index in [4.69, 9.17) is 9.15 Å². The first-order valence-corrected chi connectivity index (χ1v) is 10.2. The lowest BCUT2D eigenvalue weighted by Crippen LogP contribution is -2.69. The van der Waals surface area contributed by atoms with Gasteiger partial charge in [-0.05, 0) is 51.3 Å². The number of nitriles is 1. The highest BCUT2D eigenvalue weighted by molar-refractivity contribution is 5.94. The largest absolute Gasteiger partial charge is 0.472 e. The number of carbonyl (C=O) groups is 1.